The first-order valence-corrected chi connectivity index (χ1v) is 7.24. The van der Waals surface area contributed by atoms with Crippen molar-refractivity contribution in [2.75, 3.05) is 33.9 Å². The van der Waals surface area contributed by atoms with E-state index in [0.717, 1.165) is 0 Å². The van der Waals surface area contributed by atoms with Gasteiger partial charge in [0.05, 0.1) is 19.2 Å². The predicted octanol–water partition coefficient (Wildman–Crippen LogP) is 1.08. The molecule has 1 aromatic carbocycles. The van der Waals surface area contributed by atoms with Gasteiger partial charge in [0.15, 0.2) is 0 Å². The number of aryl methyl sites for hydroxylation is 1. The molecule has 1 aromatic rings. The fourth-order valence-electron chi connectivity index (χ4n) is 2.51. The molecule has 3 N–H and O–H groups in total. The van der Waals surface area contributed by atoms with E-state index < -0.39 is 0 Å². The van der Waals surface area contributed by atoms with Gasteiger partial charge in [0.25, 0.3) is 0 Å². The van der Waals surface area contributed by atoms with Gasteiger partial charge in [0.1, 0.15) is 0 Å². The summed E-state index contributed by atoms with van der Waals surface area (Å²) in [5, 5.41) is 2.83. The van der Waals surface area contributed by atoms with E-state index >= 15 is 0 Å². The van der Waals surface area contributed by atoms with Gasteiger partial charge in [-0.05, 0) is 32.0 Å². The molecule has 0 spiro atoms. The highest BCUT2D eigenvalue weighted by atomic mass is 16.5. The average molecular weight is 293 g/mol. The second-order valence-electron chi connectivity index (χ2n) is 5.42. The van der Waals surface area contributed by atoms with E-state index in [1.807, 2.05) is 31.0 Å². The summed E-state index contributed by atoms with van der Waals surface area (Å²) in [6.45, 7) is 5.39. The van der Waals surface area contributed by atoms with Gasteiger partial charge in [0.2, 0.25) is 5.91 Å². The summed E-state index contributed by atoms with van der Waals surface area (Å²) in [6.07, 6.45) is 0. The summed E-state index contributed by atoms with van der Waals surface area (Å²) in [4.78, 5) is 13.9. The lowest BCUT2D eigenvalue weighted by Gasteiger charge is -2.32. The van der Waals surface area contributed by atoms with Crippen molar-refractivity contribution in [2.45, 2.75) is 25.9 Å². The fraction of sp³-hybridized carbons (Fsp3) is 0.562. The summed E-state index contributed by atoms with van der Waals surface area (Å²) in [5.74, 6) is -0.0196. The van der Waals surface area contributed by atoms with E-state index in [2.05, 4.69) is 24.4 Å². The number of amides is 1. The minimum absolute atomic E-state index is 0.0133. The summed E-state index contributed by atoms with van der Waals surface area (Å²) in [6, 6.07) is 8.10. The Morgan fingerprint density at radius 1 is 1.43 bits per heavy atom. The molecule has 5 heteroatoms. The van der Waals surface area contributed by atoms with Crippen LogP contribution in [0.3, 0.4) is 0 Å². The number of carbonyl (C=O) groups is 1. The van der Waals surface area contributed by atoms with Crippen LogP contribution in [-0.2, 0) is 9.53 Å². The number of hydrogen-bond acceptors (Lipinski definition) is 4. The van der Waals surface area contributed by atoms with Crippen LogP contribution in [0.2, 0.25) is 0 Å². The zero-order chi connectivity index (χ0) is 15.8. The Balaban J connectivity index is 2.73. The van der Waals surface area contributed by atoms with Crippen molar-refractivity contribution in [3.63, 3.8) is 0 Å². The molecule has 1 rings (SSSR count). The molecule has 0 fully saturated rings. The van der Waals surface area contributed by atoms with Crippen molar-refractivity contribution in [3.05, 3.63) is 35.4 Å². The molecule has 21 heavy (non-hydrogen) atoms. The molecule has 2 unspecified atom stereocenters. The summed E-state index contributed by atoms with van der Waals surface area (Å²) in [5.41, 5.74) is 8.50. The van der Waals surface area contributed by atoms with E-state index in [1.54, 1.807) is 7.11 Å². The third-order valence-corrected chi connectivity index (χ3v) is 3.50. The smallest absolute Gasteiger partial charge is 0.234 e. The Morgan fingerprint density at radius 3 is 2.67 bits per heavy atom. The molecule has 0 saturated carbocycles. The van der Waals surface area contributed by atoms with E-state index in [9.17, 15) is 4.79 Å². The van der Waals surface area contributed by atoms with Crippen molar-refractivity contribution in [2.24, 2.45) is 5.73 Å². The number of benzene rings is 1. The van der Waals surface area contributed by atoms with Crippen molar-refractivity contribution in [3.8, 4) is 0 Å². The quantitative estimate of drug-likeness (QED) is 0.704. The third-order valence-electron chi connectivity index (χ3n) is 3.50. The van der Waals surface area contributed by atoms with Crippen LogP contribution in [-0.4, -0.2) is 50.7 Å². The monoisotopic (exact) mass is 293 g/mol. The van der Waals surface area contributed by atoms with Gasteiger partial charge in [0, 0.05) is 19.7 Å². The van der Waals surface area contributed by atoms with E-state index in [0.29, 0.717) is 19.7 Å². The van der Waals surface area contributed by atoms with Crippen LogP contribution in [0.25, 0.3) is 0 Å². The van der Waals surface area contributed by atoms with Crippen molar-refractivity contribution in [1.82, 2.24) is 10.2 Å². The van der Waals surface area contributed by atoms with E-state index in [-0.39, 0.29) is 18.0 Å². The maximum atomic E-state index is 11.9. The normalized spacial score (nSPS) is 14.0. The standard InChI is InChI=1S/C16H27N3O2/c1-12-7-5-6-8-14(12)16(13(2)17)19(3)11-15(20)18-9-10-21-4/h5-8,13,16H,9-11,17H2,1-4H3,(H,18,20). The highest BCUT2D eigenvalue weighted by Gasteiger charge is 2.23. The largest absolute Gasteiger partial charge is 0.383 e. The first kappa shape index (κ1) is 17.6. The molecule has 5 nitrogen and oxygen atoms in total. The number of likely N-dealkylation sites (N-methyl/N-ethyl adjacent to an activating group) is 1. The van der Waals surface area contributed by atoms with Crippen molar-refractivity contribution < 1.29 is 9.53 Å². The van der Waals surface area contributed by atoms with Gasteiger partial charge in [-0.25, -0.2) is 0 Å². The first-order chi connectivity index (χ1) is 9.97. The van der Waals surface area contributed by atoms with Crippen molar-refractivity contribution >= 4 is 5.91 Å². The molecule has 0 aliphatic heterocycles. The minimum atomic E-state index is -0.0668. The van der Waals surface area contributed by atoms with Crippen LogP contribution < -0.4 is 11.1 Å². The Morgan fingerprint density at radius 2 is 2.10 bits per heavy atom. The Kier molecular flexibility index (Phi) is 7.36. The first-order valence-electron chi connectivity index (χ1n) is 7.24. The van der Waals surface area contributed by atoms with Gasteiger partial charge in [-0.2, -0.15) is 0 Å². The van der Waals surface area contributed by atoms with Crippen LogP contribution in [0.5, 0.6) is 0 Å². The summed E-state index contributed by atoms with van der Waals surface area (Å²) < 4.78 is 4.92. The molecule has 0 saturated heterocycles. The van der Waals surface area contributed by atoms with Crippen LogP contribution in [0.15, 0.2) is 24.3 Å². The topological polar surface area (TPSA) is 67.6 Å². The highest BCUT2D eigenvalue weighted by Crippen LogP contribution is 2.24. The molecule has 0 aliphatic rings. The van der Waals surface area contributed by atoms with Crippen LogP contribution in [0, 0.1) is 6.92 Å². The molecule has 2 atom stereocenters. The zero-order valence-corrected chi connectivity index (χ0v) is 13.4. The average Bonchev–Trinajstić information content (AvgIpc) is 2.41. The molecular formula is C16H27N3O2. The van der Waals surface area contributed by atoms with Crippen LogP contribution >= 0.6 is 0 Å². The minimum Gasteiger partial charge on any atom is -0.383 e. The van der Waals surface area contributed by atoms with Gasteiger partial charge in [-0.15, -0.1) is 0 Å². The summed E-state index contributed by atoms with van der Waals surface area (Å²) >= 11 is 0. The molecule has 1 amide bonds. The van der Waals surface area contributed by atoms with E-state index in [1.165, 1.54) is 11.1 Å². The molecule has 0 aromatic heterocycles. The number of carbonyl (C=O) groups excluding carboxylic acids is 1. The molecule has 0 bridgehead atoms. The Hall–Kier alpha value is -1.43. The predicted molar refractivity (Wildman–Crippen MR) is 85.1 cm³/mol. The molecule has 0 heterocycles. The number of methoxy groups -OCH3 is 1. The number of nitrogens with two attached hydrogens (primary N) is 1. The zero-order valence-electron chi connectivity index (χ0n) is 13.4. The van der Waals surface area contributed by atoms with Crippen LogP contribution in [0.1, 0.15) is 24.1 Å². The van der Waals surface area contributed by atoms with Crippen molar-refractivity contribution in [1.29, 1.82) is 0 Å². The lowest BCUT2D eigenvalue weighted by Crippen LogP contribution is -2.43. The molecule has 118 valence electrons. The van der Waals surface area contributed by atoms with E-state index in [4.69, 9.17) is 10.5 Å². The second kappa shape index (κ2) is 8.77. The number of hydrogen-bond donors (Lipinski definition) is 2. The lowest BCUT2D eigenvalue weighted by atomic mass is 9.95. The summed E-state index contributed by atoms with van der Waals surface area (Å²) in [7, 11) is 3.54. The molecular weight excluding hydrogens is 266 g/mol. The number of ether oxygens (including phenoxy) is 1. The highest BCUT2D eigenvalue weighted by molar-refractivity contribution is 5.78. The second-order valence-corrected chi connectivity index (χ2v) is 5.42. The maximum Gasteiger partial charge on any atom is 0.234 e. The number of nitrogens with one attached hydrogen (secondary N) is 1. The Bertz CT molecular complexity index is 449. The van der Waals surface area contributed by atoms with Gasteiger partial charge >= 0.3 is 0 Å². The number of rotatable bonds is 8. The third kappa shape index (κ3) is 5.46. The number of nitrogens with zero attached hydrogens (tertiary/aromatic N) is 1. The fourth-order valence-corrected chi connectivity index (χ4v) is 2.51. The van der Waals surface area contributed by atoms with Gasteiger partial charge in [-0.1, -0.05) is 24.3 Å². The molecule has 0 radical (unpaired) electrons. The van der Waals surface area contributed by atoms with Gasteiger partial charge in [-0.3, -0.25) is 9.69 Å². The Labute approximate surface area is 127 Å². The molecule has 0 aliphatic carbocycles. The lowest BCUT2D eigenvalue weighted by molar-refractivity contribution is -0.122. The van der Waals surface area contributed by atoms with Gasteiger partial charge < -0.3 is 15.8 Å². The maximum absolute atomic E-state index is 11.9. The SMILES string of the molecule is COCCNC(=O)CN(C)C(c1ccccc1C)C(C)N. The van der Waals surface area contributed by atoms with Crippen LogP contribution in [0.4, 0.5) is 0 Å².